The zero-order chi connectivity index (χ0) is 13.4. The third kappa shape index (κ3) is 5.30. The van der Waals surface area contributed by atoms with Gasteiger partial charge in [-0.15, -0.1) is 0 Å². The van der Waals surface area contributed by atoms with E-state index in [1.807, 2.05) is 0 Å². The molecule has 1 rings (SSSR count). The van der Waals surface area contributed by atoms with Crippen LogP contribution in [0.5, 0.6) is 0 Å². The maximum Gasteiger partial charge on any atom is 0.00722 e. The molecule has 2 N–H and O–H groups in total. The van der Waals surface area contributed by atoms with Crippen LogP contribution in [0.25, 0.3) is 0 Å². The second-order valence-corrected chi connectivity index (χ2v) is 7.06. The van der Waals surface area contributed by atoms with Crippen molar-refractivity contribution < 1.29 is 0 Å². The molecule has 0 aromatic carbocycles. The van der Waals surface area contributed by atoms with Crippen molar-refractivity contribution in [3.8, 4) is 0 Å². The summed E-state index contributed by atoms with van der Waals surface area (Å²) in [7, 11) is 0. The van der Waals surface area contributed by atoms with Crippen LogP contribution in [0.4, 0.5) is 0 Å². The van der Waals surface area contributed by atoms with E-state index in [1.54, 1.807) is 0 Å². The molecule has 0 saturated heterocycles. The zero-order valence-corrected chi connectivity index (χ0v) is 13.0. The second-order valence-electron chi connectivity index (χ2n) is 7.06. The van der Waals surface area contributed by atoms with Gasteiger partial charge in [-0.1, -0.05) is 72.1 Å². The summed E-state index contributed by atoms with van der Waals surface area (Å²) in [6.07, 6.45) is 15.1. The van der Waals surface area contributed by atoms with Crippen molar-refractivity contribution in [3.05, 3.63) is 0 Å². The normalized spacial score (nSPS) is 25.0. The molecule has 0 heterocycles. The molecule has 0 radical (unpaired) electrons. The van der Waals surface area contributed by atoms with Crippen LogP contribution in [0.15, 0.2) is 0 Å². The van der Waals surface area contributed by atoms with Crippen molar-refractivity contribution in [2.45, 2.75) is 97.4 Å². The lowest BCUT2D eigenvalue weighted by Crippen LogP contribution is -2.41. The molecule has 1 nitrogen and oxygen atoms in total. The maximum absolute atomic E-state index is 6.46. The molecule has 0 amide bonds. The Labute approximate surface area is 115 Å². The minimum atomic E-state index is 0.450. The van der Waals surface area contributed by atoms with Gasteiger partial charge >= 0.3 is 0 Å². The summed E-state index contributed by atoms with van der Waals surface area (Å²) in [6.45, 7) is 7.14. The summed E-state index contributed by atoms with van der Waals surface area (Å²) in [6, 6.07) is 0.450. The second kappa shape index (κ2) is 8.19. The van der Waals surface area contributed by atoms with Crippen molar-refractivity contribution >= 4 is 0 Å². The van der Waals surface area contributed by atoms with Crippen molar-refractivity contribution in [2.24, 2.45) is 17.1 Å². The first-order chi connectivity index (χ1) is 8.58. The van der Waals surface area contributed by atoms with Gasteiger partial charge in [-0.2, -0.15) is 0 Å². The minimum absolute atomic E-state index is 0.450. The van der Waals surface area contributed by atoms with E-state index in [2.05, 4.69) is 20.8 Å². The van der Waals surface area contributed by atoms with Crippen LogP contribution < -0.4 is 5.73 Å². The summed E-state index contributed by atoms with van der Waals surface area (Å²) in [5, 5.41) is 0. The molecule has 0 bridgehead atoms. The van der Waals surface area contributed by atoms with Crippen molar-refractivity contribution in [3.63, 3.8) is 0 Å². The SMILES string of the molecule is CCCCCCCCC(N)C1CCCCC1(C)C. The minimum Gasteiger partial charge on any atom is -0.327 e. The molecule has 1 heteroatoms. The van der Waals surface area contributed by atoms with Gasteiger partial charge in [0.15, 0.2) is 0 Å². The largest absolute Gasteiger partial charge is 0.327 e. The molecule has 1 saturated carbocycles. The Morgan fingerprint density at radius 1 is 1.06 bits per heavy atom. The lowest BCUT2D eigenvalue weighted by atomic mass is 9.65. The van der Waals surface area contributed by atoms with Crippen LogP contribution in [0.3, 0.4) is 0 Å². The molecular formula is C17H35N. The van der Waals surface area contributed by atoms with E-state index in [4.69, 9.17) is 5.73 Å². The average molecular weight is 253 g/mol. The Balaban J connectivity index is 2.17. The Hall–Kier alpha value is -0.0400. The Kier molecular flexibility index (Phi) is 7.29. The standard InChI is InChI=1S/C17H35N/c1-4-5-6-7-8-9-13-16(18)15-12-10-11-14-17(15,2)3/h15-16H,4-14,18H2,1-3H3. The summed E-state index contributed by atoms with van der Waals surface area (Å²) in [5.74, 6) is 0.766. The molecule has 0 aliphatic heterocycles. The van der Waals surface area contributed by atoms with Crippen LogP contribution >= 0.6 is 0 Å². The maximum atomic E-state index is 6.46. The topological polar surface area (TPSA) is 26.0 Å². The number of nitrogens with two attached hydrogens (primary N) is 1. The highest BCUT2D eigenvalue weighted by Gasteiger charge is 2.35. The van der Waals surface area contributed by atoms with Gasteiger partial charge in [-0.25, -0.2) is 0 Å². The number of hydrogen-bond donors (Lipinski definition) is 1. The fourth-order valence-electron chi connectivity index (χ4n) is 3.68. The van der Waals surface area contributed by atoms with E-state index >= 15 is 0 Å². The number of hydrogen-bond acceptors (Lipinski definition) is 1. The molecule has 108 valence electrons. The fraction of sp³-hybridized carbons (Fsp3) is 1.00. The van der Waals surface area contributed by atoms with Crippen LogP contribution in [-0.4, -0.2) is 6.04 Å². The van der Waals surface area contributed by atoms with Gasteiger partial charge in [0.25, 0.3) is 0 Å². The van der Waals surface area contributed by atoms with Crippen LogP contribution in [0.1, 0.15) is 91.4 Å². The van der Waals surface area contributed by atoms with Crippen LogP contribution in [-0.2, 0) is 0 Å². The van der Waals surface area contributed by atoms with E-state index in [1.165, 1.54) is 70.6 Å². The van der Waals surface area contributed by atoms with E-state index < -0.39 is 0 Å². The number of unbranched alkanes of at least 4 members (excludes halogenated alkanes) is 5. The van der Waals surface area contributed by atoms with Gasteiger partial charge in [0.2, 0.25) is 0 Å². The third-order valence-electron chi connectivity index (χ3n) is 5.00. The molecular weight excluding hydrogens is 218 g/mol. The Morgan fingerprint density at radius 3 is 2.39 bits per heavy atom. The first-order valence-corrected chi connectivity index (χ1v) is 8.33. The predicted molar refractivity (Wildman–Crippen MR) is 81.7 cm³/mol. The van der Waals surface area contributed by atoms with Crippen LogP contribution in [0.2, 0.25) is 0 Å². The fourth-order valence-corrected chi connectivity index (χ4v) is 3.68. The van der Waals surface area contributed by atoms with E-state index in [0.717, 1.165) is 5.92 Å². The molecule has 1 aliphatic rings. The monoisotopic (exact) mass is 253 g/mol. The van der Waals surface area contributed by atoms with Crippen molar-refractivity contribution in [1.82, 2.24) is 0 Å². The van der Waals surface area contributed by atoms with Gasteiger partial charge in [0.05, 0.1) is 0 Å². The van der Waals surface area contributed by atoms with Gasteiger partial charge in [-0.3, -0.25) is 0 Å². The summed E-state index contributed by atoms with van der Waals surface area (Å²) in [5.41, 5.74) is 6.95. The van der Waals surface area contributed by atoms with E-state index in [-0.39, 0.29) is 0 Å². The summed E-state index contributed by atoms with van der Waals surface area (Å²) >= 11 is 0. The average Bonchev–Trinajstić information content (AvgIpc) is 2.32. The van der Waals surface area contributed by atoms with Gasteiger partial charge in [0, 0.05) is 6.04 Å². The molecule has 1 fully saturated rings. The predicted octanol–water partition coefficient (Wildman–Crippen LogP) is 5.28. The van der Waals surface area contributed by atoms with E-state index in [0.29, 0.717) is 11.5 Å². The summed E-state index contributed by atoms with van der Waals surface area (Å²) in [4.78, 5) is 0. The number of rotatable bonds is 8. The van der Waals surface area contributed by atoms with E-state index in [9.17, 15) is 0 Å². The highest BCUT2D eigenvalue weighted by atomic mass is 14.7. The quantitative estimate of drug-likeness (QED) is 0.585. The Bertz CT molecular complexity index is 210. The first kappa shape index (κ1) is 16.0. The van der Waals surface area contributed by atoms with Crippen molar-refractivity contribution in [2.75, 3.05) is 0 Å². The van der Waals surface area contributed by atoms with Gasteiger partial charge in [0.1, 0.15) is 0 Å². The molecule has 2 unspecified atom stereocenters. The van der Waals surface area contributed by atoms with Gasteiger partial charge < -0.3 is 5.73 Å². The van der Waals surface area contributed by atoms with Crippen LogP contribution in [0, 0.1) is 11.3 Å². The molecule has 18 heavy (non-hydrogen) atoms. The zero-order valence-electron chi connectivity index (χ0n) is 13.0. The molecule has 0 aromatic rings. The Morgan fingerprint density at radius 2 is 1.72 bits per heavy atom. The van der Waals surface area contributed by atoms with Gasteiger partial charge in [-0.05, 0) is 30.6 Å². The molecule has 1 aliphatic carbocycles. The molecule has 0 spiro atoms. The lowest BCUT2D eigenvalue weighted by Gasteiger charge is -2.42. The first-order valence-electron chi connectivity index (χ1n) is 8.33. The molecule has 0 aromatic heterocycles. The highest BCUT2D eigenvalue weighted by molar-refractivity contribution is 4.88. The molecule has 2 atom stereocenters. The van der Waals surface area contributed by atoms with Crippen molar-refractivity contribution in [1.29, 1.82) is 0 Å². The smallest absolute Gasteiger partial charge is 0.00722 e. The third-order valence-corrected chi connectivity index (χ3v) is 5.00. The highest BCUT2D eigenvalue weighted by Crippen LogP contribution is 2.42. The summed E-state index contributed by atoms with van der Waals surface area (Å²) < 4.78 is 0. The lowest BCUT2D eigenvalue weighted by molar-refractivity contribution is 0.108.